The lowest BCUT2D eigenvalue weighted by Gasteiger charge is -2.24. The predicted molar refractivity (Wildman–Crippen MR) is 85.4 cm³/mol. The molecule has 3 rings (SSSR count). The minimum atomic E-state index is -1.21. The molecule has 0 aliphatic carbocycles. The maximum atomic E-state index is 12.4. The Labute approximate surface area is 134 Å². The molecule has 1 heterocycles. The number of carbonyl (C=O) groups excluding carboxylic acids is 2. The van der Waals surface area contributed by atoms with Gasteiger partial charge in [0.2, 0.25) is 11.5 Å². The Balaban J connectivity index is 1.97. The van der Waals surface area contributed by atoms with Gasteiger partial charge in [0.05, 0.1) is 7.11 Å². The van der Waals surface area contributed by atoms with E-state index in [2.05, 4.69) is 4.74 Å². The molecule has 2 aromatic carbocycles. The fourth-order valence-electron chi connectivity index (χ4n) is 2.58. The van der Waals surface area contributed by atoms with E-state index >= 15 is 0 Å². The molecule has 4 heteroatoms. The summed E-state index contributed by atoms with van der Waals surface area (Å²) in [5.41, 5.74) is 1.50. The molecule has 0 bridgehead atoms. The summed E-state index contributed by atoms with van der Waals surface area (Å²) in [4.78, 5) is 24.0. The van der Waals surface area contributed by atoms with E-state index in [4.69, 9.17) is 4.74 Å². The van der Waals surface area contributed by atoms with Crippen molar-refractivity contribution in [3.8, 4) is 11.1 Å². The third kappa shape index (κ3) is 2.63. The number of hydrogen-bond acceptors (Lipinski definition) is 4. The van der Waals surface area contributed by atoms with Gasteiger partial charge < -0.3 is 9.47 Å². The number of rotatable bonds is 3. The maximum absolute atomic E-state index is 12.4. The molecule has 0 spiro atoms. The van der Waals surface area contributed by atoms with Crippen LogP contribution in [0.25, 0.3) is 11.1 Å². The van der Waals surface area contributed by atoms with Gasteiger partial charge in [-0.15, -0.1) is 0 Å². The molecular formula is C19H16O4. The lowest BCUT2D eigenvalue weighted by Crippen LogP contribution is -2.30. The summed E-state index contributed by atoms with van der Waals surface area (Å²) in [6.07, 6.45) is 1.20. The average Bonchev–Trinajstić information content (AvgIpc) is 2.91. The van der Waals surface area contributed by atoms with Crippen LogP contribution in [0.15, 0.2) is 66.4 Å². The van der Waals surface area contributed by atoms with Gasteiger partial charge in [0.25, 0.3) is 0 Å². The number of ether oxygens (including phenoxy) is 2. The van der Waals surface area contributed by atoms with Crippen molar-refractivity contribution < 1.29 is 19.1 Å². The summed E-state index contributed by atoms with van der Waals surface area (Å²) >= 11 is 0. The van der Waals surface area contributed by atoms with E-state index in [1.807, 2.05) is 54.6 Å². The second-order valence-electron chi connectivity index (χ2n) is 5.45. The number of benzene rings is 2. The van der Waals surface area contributed by atoms with Gasteiger partial charge in [-0.2, -0.15) is 0 Å². The molecule has 0 radical (unpaired) electrons. The molecule has 4 nitrogen and oxygen atoms in total. The van der Waals surface area contributed by atoms with Crippen LogP contribution in [0.1, 0.15) is 12.5 Å². The van der Waals surface area contributed by atoms with Gasteiger partial charge in [-0.1, -0.05) is 48.5 Å². The Morgan fingerprint density at radius 1 is 1.04 bits per heavy atom. The molecule has 0 N–H and O–H groups in total. The monoisotopic (exact) mass is 308 g/mol. The SMILES string of the molecule is COC(=O)C1=CC(=O)C(C)(c2cccc(-c3ccccc3)c2)O1. The maximum Gasteiger partial charge on any atom is 0.373 e. The summed E-state index contributed by atoms with van der Waals surface area (Å²) in [6, 6.07) is 17.4. The third-order valence-corrected chi connectivity index (χ3v) is 3.95. The van der Waals surface area contributed by atoms with E-state index in [1.165, 1.54) is 13.2 Å². The first-order valence-electron chi connectivity index (χ1n) is 7.24. The number of esters is 1. The van der Waals surface area contributed by atoms with Crippen LogP contribution < -0.4 is 0 Å². The van der Waals surface area contributed by atoms with E-state index in [1.54, 1.807) is 6.92 Å². The molecule has 0 aromatic heterocycles. The van der Waals surface area contributed by atoms with Crippen LogP contribution in [0.2, 0.25) is 0 Å². The Morgan fingerprint density at radius 2 is 1.74 bits per heavy atom. The second kappa shape index (κ2) is 5.72. The smallest absolute Gasteiger partial charge is 0.373 e. The summed E-state index contributed by atoms with van der Waals surface area (Å²) in [5.74, 6) is -0.991. The molecule has 1 unspecified atom stereocenters. The van der Waals surface area contributed by atoms with Crippen LogP contribution in [0.3, 0.4) is 0 Å². The molecule has 116 valence electrons. The lowest BCUT2D eigenvalue weighted by molar-refractivity contribution is -0.144. The molecule has 1 aliphatic heterocycles. The van der Waals surface area contributed by atoms with Crippen molar-refractivity contribution >= 4 is 11.8 Å². The first-order valence-corrected chi connectivity index (χ1v) is 7.24. The van der Waals surface area contributed by atoms with Gasteiger partial charge >= 0.3 is 5.97 Å². The predicted octanol–water partition coefficient (Wildman–Crippen LogP) is 3.23. The summed E-state index contributed by atoms with van der Waals surface area (Å²) in [5, 5.41) is 0. The molecule has 2 aromatic rings. The van der Waals surface area contributed by atoms with Gasteiger partial charge in [0.1, 0.15) is 0 Å². The first-order chi connectivity index (χ1) is 11.0. The molecular weight excluding hydrogens is 292 g/mol. The van der Waals surface area contributed by atoms with Crippen LogP contribution in [-0.4, -0.2) is 18.9 Å². The molecule has 0 saturated heterocycles. The zero-order valence-corrected chi connectivity index (χ0v) is 12.9. The van der Waals surface area contributed by atoms with Crippen LogP contribution in [0.5, 0.6) is 0 Å². The highest BCUT2D eigenvalue weighted by molar-refractivity contribution is 6.06. The number of hydrogen-bond donors (Lipinski definition) is 0. The quantitative estimate of drug-likeness (QED) is 0.817. The molecule has 0 amide bonds. The van der Waals surface area contributed by atoms with Crippen molar-refractivity contribution in [2.24, 2.45) is 0 Å². The van der Waals surface area contributed by atoms with E-state index in [9.17, 15) is 9.59 Å². The summed E-state index contributed by atoms with van der Waals surface area (Å²) < 4.78 is 10.2. The number of carbonyl (C=O) groups is 2. The Kier molecular flexibility index (Phi) is 3.74. The van der Waals surface area contributed by atoms with E-state index < -0.39 is 11.6 Å². The highest BCUT2D eigenvalue weighted by Crippen LogP contribution is 2.36. The van der Waals surface area contributed by atoms with Crippen molar-refractivity contribution in [1.82, 2.24) is 0 Å². The van der Waals surface area contributed by atoms with Gasteiger partial charge in [-0.05, 0) is 24.1 Å². The number of methoxy groups -OCH3 is 1. The Morgan fingerprint density at radius 3 is 2.43 bits per heavy atom. The zero-order valence-electron chi connectivity index (χ0n) is 12.9. The normalized spacial score (nSPS) is 19.9. The highest BCUT2D eigenvalue weighted by atomic mass is 16.6. The van der Waals surface area contributed by atoms with Crippen molar-refractivity contribution in [2.45, 2.75) is 12.5 Å². The van der Waals surface area contributed by atoms with E-state index in [0.717, 1.165) is 11.1 Å². The van der Waals surface area contributed by atoms with Gasteiger partial charge in [0, 0.05) is 11.6 Å². The molecule has 1 atom stereocenters. The lowest BCUT2D eigenvalue weighted by atomic mass is 9.90. The van der Waals surface area contributed by atoms with Crippen LogP contribution >= 0.6 is 0 Å². The second-order valence-corrected chi connectivity index (χ2v) is 5.45. The number of ketones is 1. The van der Waals surface area contributed by atoms with Crippen LogP contribution in [-0.2, 0) is 24.7 Å². The third-order valence-electron chi connectivity index (χ3n) is 3.95. The van der Waals surface area contributed by atoms with Crippen LogP contribution in [0, 0.1) is 0 Å². The van der Waals surface area contributed by atoms with Crippen molar-refractivity contribution in [3.63, 3.8) is 0 Å². The van der Waals surface area contributed by atoms with Crippen molar-refractivity contribution in [2.75, 3.05) is 7.11 Å². The van der Waals surface area contributed by atoms with Crippen LogP contribution in [0.4, 0.5) is 0 Å². The standard InChI is InChI=1S/C19H16O4/c1-19(17(20)12-16(23-19)18(21)22-2)15-10-6-9-14(11-15)13-7-4-3-5-8-13/h3-12H,1-2H3. The Bertz CT molecular complexity index is 792. The highest BCUT2D eigenvalue weighted by Gasteiger charge is 2.44. The topological polar surface area (TPSA) is 52.6 Å². The van der Waals surface area contributed by atoms with Crippen molar-refractivity contribution in [3.05, 3.63) is 72.0 Å². The zero-order chi connectivity index (χ0) is 16.4. The average molecular weight is 308 g/mol. The fraction of sp³-hybridized carbons (Fsp3) is 0.158. The largest absolute Gasteiger partial charge is 0.467 e. The molecule has 0 saturated carbocycles. The Hall–Kier alpha value is -2.88. The van der Waals surface area contributed by atoms with Crippen molar-refractivity contribution in [1.29, 1.82) is 0 Å². The minimum absolute atomic E-state index is 0.0647. The molecule has 23 heavy (non-hydrogen) atoms. The van der Waals surface area contributed by atoms with E-state index in [-0.39, 0.29) is 11.5 Å². The molecule has 1 aliphatic rings. The fourth-order valence-corrected chi connectivity index (χ4v) is 2.58. The van der Waals surface area contributed by atoms with Gasteiger partial charge in [-0.3, -0.25) is 4.79 Å². The van der Waals surface area contributed by atoms with Gasteiger partial charge in [0.15, 0.2) is 5.60 Å². The van der Waals surface area contributed by atoms with Gasteiger partial charge in [-0.25, -0.2) is 4.79 Å². The first kappa shape index (κ1) is 15.0. The summed E-state index contributed by atoms with van der Waals surface area (Å²) in [6.45, 7) is 1.66. The molecule has 0 fully saturated rings. The van der Waals surface area contributed by atoms with E-state index in [0.29, 0.717) is 5.56 Å². The minimum Gasteiger partial charge on any atom is -0.467 e. The summed E-state index contributed by atoms with van der Waals surface area (Å²) in [7, 11) is 1.25.